The number of rotatable bonds is 16. The van der Waals surface area contributed by atoms with Gasteiger partial charge in [0, 0.05) is 12.0 Å². The van der Waals surface area contributed by atoms with Crippen molar-refractivity contribution >= 4 is 30.1 Å². The normalized spacial score (nSPS) is 12.8. The van der Waals surface area contributed by atoms with Crippen LogP contribution in [0.1, 0.15) is 35.1 Å². The van der Waals surface area contributed by atoms with E-state index in [-0.39, 0.29) is 12.7 Å². The van der Waals surface area contributed by atoms with Crippen molar-refractivity contribution in [2.75, 3.05) is 20.4 Å². The lowest BCUT2D eigenvalue weighted by molar-refractivity contribution is -0.148. The van der Waals surface area contributed by atoms with Crippen LogP contribution in [0, 0.1) is 0 Å². The second kappa shape index (κ2) is 17.3. The summed E-state index contributed by atoms with van der Waals surface area (Å²) in [5, 5.41) is 0. The number of hydrogen-bond acceptors (Lipinski definition) is 10. The van der Waals surface area contributed by atoms with Gasteiger partial charge in [-0.1, -0.05) is 56.5 Å². The fraction of sp³-hybridized carbons (Fsp3) is 0.125. The highest BCUT2D eigenvalue weighted by Crippen LogP contribution is 2.47. The van der Waals surface area contributed by atoms with E-state index >= 15 is 0 Å². The first-order valence-corrected chi connectivity index (χ1v) is 15.7. The molecule has 1 aliphatic rings. The fourth-order valence-electron chi connectivity index (χ4n) is 5.00. The molecule has 0 heterocycles. The first kappa shape index (κ1) is 36.6. The number of carbonyl (C=O) groups is 3. The van der Waals surface area contributed by atoms with Gasteiger partial charge in [0.25, 0.3) is 0 Å². The fourth-order valence-corrected chi connectivity index (χ4v) is 5.00. The predicted octanol–water partition coefficient (Wildman–Crippen LogP) is 8.19. The Morgan fingerprint density at radius 2 is 1.10 bits per heavy atom. The van der Waals surface area contributed by atoms with E-state index in [1.54, 1.807) is 66.7 Å². The Morgan fingerprint density at radius 3 is 1.63 bits per heavy atom. The van der Waals surface area contributed by atoms with Crippen LogP contribution in [-0.2, 0) is 28.6 Å². The highest BCUT2D eigenvalue weighted by atomic mass is 19.1. The Morgan fingerprint density at radius 1 is 0.635 bits per heavy atom. The van der Waals surface area contributed by atoms with E-state index in [2.05, 4.69) is 29.6 Å². The van der Waals surface area contributed by atoms with Crippen molar-refractivity contribution in [2.45, 2.75) is 12.8 Å². The lowest BCUT2D eigenvalue weighted by Crippen LogP contribution is -2.10. The maximum atomic E-state index is 12.6. The third-order valence-corrected chi connectivity index (χ3v) is 7.58. The highest BCUT2D eigenvalue weighted by molar-refractivity contribution is 5.89. The summed E-state index contributed by atoms with van der Waals surface area (Å²) in [6, 6.07) is 24.8. The monoisotopic (exact) mass is 710 g/mol. The number of fused-ring (bicyclic) bond motifs is 3. The van der Waals surface area contributed by atoms with Gasteiger partial charge in [0.2, 0.25) is 32.0 Å². The van der Waals surface area contributed by atoms with Gasteiger partial charge in [-0.25, -0.2) is 14.4 Å². The lowest BCUT2D eigenvalue weighted by Gasteiger charge is -2.10. The van der Waals surface area contributed by atoms with Gasteiger partial charge >= 0.3 is 17.9 Å². The summed E-state index contributed by atoms with van der Waals surface area (Å²) < 4.78 is 61.7. The van der Waals surface area contributed by atoms with Gasteiger partial charge in [0.05, 0.1) is 6.26 Å². The molecule has 0 N–H and O–H groups in total. The highest BCUT2D eigenvalue weighted by Gasteiger charge is 2.26. The van der Waals surface area contributed by atoms with E-state index < -0.39 is 43.1 Å². The van der Waals surface area contributed by atoms with Gasteiger partial charge in [-0.3, -0.25) is 0 Å². The molecule has 266 valence electrons. The Balaban J connectivity index is 1.07. The molecule has 1 unspecified atom stereocenters. The van der Waals surface area contributed by atoms with Crippen molar-refractivity contribution in [3.63, 3.8) is 0 Å². The van der Waals surface area contributed by atoms with Crippen molar-refractivity contribution in [1.82, 2.24) is 0 Å². The summed E-state index contributed by atoms with van der Waals surface area (Å²) in [6.45, 7) is 6.83. The molecule has 0 amide bonds. The zero-order chi connectivity index (χ0) is 37.0. The van der Waals surface area contributed by atoms with Gasteiger partial charge in [-0.2, -0.15) is 8.78 Å². The average Bonchev–Trinajstić information content (AvgIpc) is 3.41. The summed E-state index contributed by atoms with van der Waals surface area (Å²) >= 11 is 0. The molecule has 10 nitrogen and oxygen atoms in total. The van der Waals surface area contributed by atoms with Crippen LogP contribution in [-0.4, -0.2) is 38.3 Å². The van der Waals surface area contributed by atoms with Crippen LogP contribution in [0.3, 0.4) is 0 Å². The zero-order valence-corrected chi connectivity index (χ0v) is 27.8. The molecule has 0 radical (unpaired) electrons. The minimum absolute atomic E-state index is 0.0192. The SMILES string of the molecule is C=C(F)C(=O)OCOc1ccc(/C=C\C(=O)Oc2ccc3c(c2)C(C)c2cc(OCO/C=C/c4ccc(OCOC(=O)C(=C)F)cc4)ccc2-3)cc1. The molecule has 0 saturated carbocycles. The maximum Gasteiger partial charge on any atom is 0.369 e. The Labute approximate surface area is 297 Å². The van der Waals surface area contributed by atoms with E-state index in [1.807, 2.05) is 30.3 Å². The quantitative estimate of drug-likeness (QED) is 0.0282. The van der Waals surface area contributed by atoms with Crippen LogP contribution in [0.5, 0.6) is 23.0 Å². The summed E-state index contributed by atoms with van der Waals surface area (Å²) in [4.78, 5) is 34.7. The molecule has 4 aromatic rings. The smallest absolute Gasteiger partial charge is 0.369 e. The summed E-state index contributed by atoms with van der Waals surface area (Å²) in [5.41, 5.74) is 5.69. The first-order valence-electron chi connectivity index (χ1n) is 15.7. The number of halogens is 2. The molecular weight excluding hydrogens is 678 g/mol. The molecule has 0 aliphatic heterocycles. The molecule has 52 heavy (non-hydrogen) atoms. The molecule has 0 aromatic heterocycles. The van der Waals surface area contributed by atoms with Crippen LogP contribution < -0.4 is 18.9 Å². The van der Waals surface area contributed by atoms with E-state index in [1.165, 1.54) is 12.3 Å². The van der Waals surface area contributed by atoms with Crippen LogP contribution >= 0.6 is 0 Å². The maximum absolute atomic E-state index is 12.6. The van der Waals surface area contributed by atoms with Gasteiger partial charge < -0.3 is 33.2 Å². The molecule has 4 aromatic carbocycles. The molecular formula is C40H32F2O10. The number of benzene rings is 4. The Hall–Kier alpha value is -6.69. The molecule has 0 bridgehead atoms. The molecule has 12 heteroatoms. The molecule has 5 rings (SSSR count). The van der Waals surface area contributed by atoms with Crippen LogP contribution in [0.4, 0.5) is 8.78 Å². The largest absolute Gasteiger partial charge is 0.465 e. The Kier molecular flexibility index (Phi) is 12.2. The second-order valence-electron chi connectivity index (χ2n) is 11.0. The third kappa shape index (κ3) is 9.94. The van der Waals surface area contributed by atoms with Gasteiger partial charge in [0.1, 0.15) is 23.0 Å². The standard InChI is InChI=1S/C40H32F2O10/c1-25-36-20-32(47-22-46-19-18-29-6-11-31(12-7-29)49-24-51-40(45)27(3)42)13-15-34(36)35-16-14-33(21-37(25)35)52-38(43)17-8-28-4-9-30(10-5-28)48-23-50-39(44)26(2)41/h4-21,25H,2-3,22-24H2,1H3/b17-8-,19-18+. The predicted molar refractivity (Wildman–Crippen MR) is 186 cm³/mol. The summed E-state index contributed by atoms with van der Waals surface area (Å²) in [6.07, 6.45) is 6.12. The van der Waals surface area contributed by atoms with Crippen LogP contribution in [0.15, 0.2) is 122 Å². The minimum Gasteiger partial charge on any atom is -0.465 e. The van der Waals surface area contributed by atoms with Crippen LogP contribution in [0.2, 0.25) is 0 Å². The minimum atomic E-state index is -1.21. The lowest BCUT2D eigenvalue weighted by atomic mass is 9.99. The molecule has 1 atom stereocenters. The van der Waals surface area contributed by atoms with Crippen molar-refractivity contribution in [2.24, 2.45) is 0 Å². The summed E-state index contributed by atoms with van der Waals surface area (Å²) in [5.74, 6) is -3.47. The van der Waals surface area contributed by atoms with Gasteiger partial charge in [-0.15, -0.1) is 0 Å². The molecule has 0 fully saturated rings. The average molecular weight is 711 g/mol. The van der Waals surface area contributed by atoms with Crippen molar-refractivity contribution in [1.29, 1.82) is 0 Å². The second-order valence-corrected chi connectivity index (χ2v) is 11.0. The van der Waals surface area contributed by atoms with Crippen molar-refractivity contribution < 1.29 is 56.3 Å². The van der Waals surface area contributed by atoms with Crippen molar-refractivity contribution in [3.05, 3.63) is 144 Å². The Bertz CT molecular complexity index is 2020. The van der Waals surface area contributed by atoms with E-state index in [9.17, 15) is 23.2 Å². The van der Waals surface area contributed by atoms with Crippen molar-refractivity contribution in [3.8, 4) is 34.1 Å². The zero-order valence-electron chi connectivity index (χ0n) is 27.8. The van der Waals surface area contributed by atoms with E-state index in [0.717, 1.165) is 27.8 Å². The van der Waals surface area contributed by atoms with Gasteiger partial charge in [0.15, 0.2) is 0 Å². The first-order chi connectivity index (χ1) is 25.1. The number of ether oxygens (including phenoxy) is 7. The summed E-state index contributed by atoms with van der Waals surface area (Å²) in [7, 11) is 0. The van der Waals surface area contributed by atoms with Crippen LogP contribution in [0.25, 0.3) is 23.3 Å². The van der Waals surface area contributed by atoms with E-state index in [4.69, 9.17) is 23.7 Å². The molecule has 0 spiro atoms. The molecule has 1 aliphatic carbocycles. The number of hydrogen-bond donors (Lipinski definition) is 0. The molecule has 0 saturated heterocycles. The van der Waals surface area contributed by atoms with E-state index in [0.29, 0.717) is 28.6 Å². The topological polar surface area (TPSA) is 116 Å². The third-order valence-electron chi connectivity index (χ3n) is 7.58. The number of carbonyl (C=O) groups excluding carboxylic acids is 3. The van der Waals surface area contributed by atoms with Gasteiger partial charge in [-0.05, 0) is 94.1 Å². The number of esters is 3.